The van der Waals surface area contributed by atoms with Gasteiger partial charge in [-0.05, 0) is 36.8 Å². The Labute approximate surface area is 130 Å². The molecule has 2 bridgehead atoms. The molecular formula is C14H15N2O5S-. The van der Waals surface area contributed by atoms with Crippen molar-refractivity contribution in [2.24, 2.45) is 11.8 Å². The molecule has 3 heterocycles. The molecule has 1 aromatic heterocycles. The standard InChI is InChI=1S/C14H16N2O5S/c1-6-4-5-22-11(6)13(18)16-15-12(17)9-7-2-3-8(21-7)10(9)14(19)20/h4-5,7-10H,2-3H2,1H3,(H,15,17)(H,16,18)(H,19,20)/p-1/t7-,8+,9+,10-/m0/s1. The van der Waals surface area contributed by atoms with Crippen LogP contribution in [0.1, 0.15) is 28.1 Å². The Morgan fingerprint density at radius 1 is 1.23 bits per heavy atom. The maximum absolute atomic E-state index is 12.2. The summed E-state index contributed by atoms with van der Waals surface area (Å²) < 4.78 is 5.49. The third-order valence-corrected chi connectivity index (χ3v) is 5.23. The van der Waals surface area contributed by atoms with E-state index in [1.165, 1.54) is 11.3 Å². The normalized spacial score (nSPS) is 29.3. The first-order valence-corrected chi connectivity index (χ1v) is 7.87. The minimum atomic E-state index is -1.28. The lowest BCUT2D eigenvalue weighted by Gasteiger charge is -2.27. The van der Waals surface area contributed by atoms with E-state index in [9.17, 15) is 19.5 Å². The lowest BCUT2D eigenvalue weighted by atomic mass is 9.79. The van der Waals surface area contributed by atoms with Crippen LogP contribution in [0.4, 0.5) is 0 Å². The Kier molecular flexibility index (Phi) is 3.88. The van der Waals surface area contributed by atoms with Crippen LogP contribution in [0.25, 0.3) is 0 Å². The van der Waals surface area contributed by atoms with E-state index in [1.54, 1.807) is 18.4 Å². The zero-order valence-electron chi connectivity index (χ0n) is 11.8. The van der Waals surface area contributed by atoms with Gasteiger partial charge in [-0.2, -0.15) is 0 Å². The summed E-state index contributed by atoms with van der Waals surface area (Å²) in [7, 11) is 0. The minimum Gasteiger partial charge on any atom is -0.550 e. The van der Waals surface area contributed by atoms with Crippen LogP contribution in [0.2, 0.25) is 0 Å². The van der Waals surface area contributed by atoms with E-state index in [4.69, 9.17) is 4.74 Å². The van der Waals surface area contributed by atoms with Gasteiger partial charge in [0.05, 0.1) is 23.0 Å². The maximum atomic E-state index is 12.2. The number of aliphatic carboxylic acids is 1. The summed E-state index contributed by atoms with van der Waals surface area (Å²) in [6.45, 7) is 1.79. The summed E-state index contributed by atoms with van der Waals surface area (Å²) >= 11 is 1.27. The Morgan fingerprint density at radius 2 is 1.91 bits per heavy atom. The van der Waals surface area contributed by atoms with Gasteiger partial charge in [-0.1, -0.05) is 0 Å². The van der Waals surface area contributed by atoms with Gasteiger partial charge in [-0.3, -0.25) is 20.4 Å². The molecular weight excluding hydrogens is 308 g/mol. The molecule has 0 unspecified atom stereocenters. The number of fused-ring (bicyclic) bond motifs is 2. The Balaban J connectivity index is 1.63. The van der Waals surface area contributed by atoms with Gasteiger partial charge >= 0.3 is 0 Å². The van der Waals surface area contributed by atoms with Crippen LogP contribution in [-0.4, -0.2) is 30.0 Å². The Morgan fingerprint density at radius 3 is 2.50 bits per heavy atom. The second kappa shape index (κ2) is 5.69. The lowest BCUT2D eigenvalue weighted by Crippen LogP contribution is -2.52. The van der Waals surface area contributed by atoms with Crippen molar-refractivity contribution >= 4 is 29.1 Å². The lowest BCUT2D eigenvalue weighted by molar-refractivity contribution is -0.314. The summed E-state index contributed by atoms with van der Waals surface area (Å²) in [5.74, 6) is -4.04. The molecule has 22 heavy (non-hydrogen) atoms. The summed E-state index contributed by atoms with van der Waals surface area (Å²) in [6.07, 6.45) is 0.368. The van der Waals surface area contributed by atoms with Gasteiger partial charge in [0.1, 0.15) is 0 Å². The highest BCUT2D eigenvalue weighted by Crippen LogP contribution is 2.43. The fraction of sp³-hybridized carbons (Fsp3) is 0.500. The fourth-order valence-corrected chi connectivity index (χ4v) is 3.99. The zero-order valence-corrected chi connectivity index (χ0v) is 12.6. The van der Waals surface area contributed by atoms with Crippen LogP contribution < -0.4 is 16.0 Å². The molecule has 7 nitrogen and oxygen atoms in total. The SMILES string of the molecule is Cc1ccsc1C(=O)NNC(=O)[C@H]1[C@@H](C(=O)[O-])[C@H]2CC[C@@H]1O2. The zero-order chi connectivity index (χ0) is 15.9. The highest BCUT2D eigenvalue weighted by atomic mass is 32.1. The Bertz CT molecular complexity index is 629. The van der Waals surface area contributed by atoms with Gasteiger partial charge in [0.15, 0.2) is 0 Å². The van der Waals surface area contributed by atoms with E-state index >= 15 is 0 Å². The van der Waals surface area contributed by atoms with Crippen LogP contribution in [-0.2, 0) is 14.3 Å². The van der Waals surface area contributed by atoms with Crippen molar-refractivity contribution in [1.82, 2.24) is 10.9 Å². The molecule has 2 aliphatic rings. The molecule has 0 aliphatic carbocycles. The van der Waals surface area contributed by atoms with E-state index in [0.29, 0.717) is 17.7 Å². The third kappa shape index (κ3) is 2.48. The summed E-state index contributed by atoms with van der Waals surface area (Å²) in [6, 6.07) is 1.80. The van der Waals surface area contributed by atoms with E-state index in [-0.39, 0.29) is 0 Å². The number of ether oxygens (including phenoxy) is 1. The number of nitrogens with one attached hydrogen (secondary N) is 2. The number of aryl methyl sites for hydroxylation is 1. The predicted molar refractivity (Wildman–Crippen MR) is 74.5 cm³/mol. The largest absolute Gasteiger partial charge is 0.550 e. The van der Waals surface area contributed by atoms with Gasteiger partial charge in [-0.25, -0.2) is 0 Å². The van der Waals surface area contributed by atoms with Crippen LogP contribution in [0, 0.1) is 18.8 Å². The number of carbonyl (C=O) groups excluding carboxylic acids is 3. The second-order valence-corrected chi connectivity index (χ2v) is 6.45. The molecule has 8 heteroatoms. The molecule has 0 aromatic carbocycles. The van der Waals surface area contributed by atoms with Crippen LogP contribution in [0.5, 0.6) is 0 Å². The van der Waals surface area contributed by atoms with Gasteiger partial charge in [0.2, 0.25) is 5.91 Å². The van der Waals surface area contributed by atoms with Crippen molar-refractivity contribution in [2.75, 3.05) is 0 Å². The summed E-state index contributed by atoms with van der Waals surface area (Å²) in [5.41, 5.74) is 5.44. The Hall–Kier alpha value is -1.93. The number of hydrogen-bond donors (Lipinski definition) is 2. The fourth-order valence-electron chi connectivity index (χ4n) is 3.17. The van der Waals surface area contributed by atoms with Crippen molar-refractivity contribution < 1.29 is 24.2 Å². The molecule has 2 saturated heterocycles. The first-order chi connectivity index (χ1) is 10.5. The number of carbonyl (C=O) groups is 3. The number of hydrazine groups is 1. The third-order valence-electron chi connectivity index (χ3n) is 4.22. The average molecular weight is 323 g/mol. The molecule has 0 saturated carbocycles. The van der Waals surface area contributed by atoms with Crippen molar-refractivity contribution in [3.63, 3.8) is 0 Å². The van der Waals surface area contributed by atoms with Gasteiger partial charge in [0.25, 0.3) is 5.91 Å². The number of hydrogen-bond acceptors (Lipinski definition) is 6. The monoisotopic (exact) mass is 323 g/mol. The quantitative estimate of drug-likeness (QED) is 0.720. The number of thiophene rings is 1. The van der Waals surface area contributed by atoms with Gasteiger partial charge in [0, 0.05) is 11.9 Å². The maximum Gasteiger partial charge on any atom is 0.280 e. The summed E-state index contributed by atoms with van der Waals surface area (Å²) in [5, 5.41) is 13.0. The van der Waals surface area contributed by atoms with E-state index in [1.807, 2.05) is 0 Å². The number of rotatable bonds is 3. The van der Waals surface area contributed by atoms with Gasteiger partial charge < -0.3 is 14.6 Å². The predicted octanol–water partition coefficient (Wildman–Crippen LogP) is -0.639. The molecule has 0 radical (unpaired) electrons. The molecule has 3 rings (SSSR count). The minimum absolute atomic E-state index is 0.421. The van der Waals surface area contributed by atoms with E-state index in [2.05, 4.69) is 10.9 Å². The molecule has 4 atom stereocenters. The highest BCUT2D eigenvalue weighted by Gasteiger charge is 2.52. The van der Waals surface area contributed by atoms with Crippen molar-refractivity contribution in [3.8, 4) is 0 Å². The summed E-state index contributed by atoms with van der Waals surface area (Å²) in [4.78, 5) is 35.9. The smallest absolute Gasteiger partial charge is 0.280 e. The topological polar surface area (TPSA) is 108 Å². The van der Waals surface area contributed by atoms with E-state index in [0.717, 1.165) is 5.56 Å². The van der Waals surface area contributed by atoms with E-state index < -0.39 is 41.8 Å². The molecule has 1 aromatic rings. The van der Waals surface area contributed by atoms with Crippen molar-refractivity contribution in [1.29, 1.82) is 0 Å². The molecule has 0 spiro atoms. The number of amides is 2. The molecule has 2 fully saturated rings. The van der Waals surface area contributed by atoms with Crippen molar-refractivity contribution in [3.05, 3.63) is 21.9 Å². The first kappa shape index (κ1) is 15.0. The van der Waals surface area contributed by atoms with Crippen LogP contribution in [0.3, 0.4) is 0 Å². The molecule has 2 amide bonds. The van der Waals surface area contributed by atoms with Gasteiger partial charge in [-0.15, -0.1) is 11.3 Å². The number of carboxylic acid groups (broad SMARTS) is 1. The molecule has 118 valence electrons. The van der Waals surface area contributed by atoms with Crippen molar-refractivity contribution in [2.45, 2.75) is 32.0 Å². The molecule has 2 aliphatic heterocycles. The first-order valence-electron chi connectivity index (χ1n) is 6.99. The highest BCUT2D eigenvalue weighted by molar-refractivity contribution is 7.12. The van der Waals surface area contributed by atoms with Crippen LogP contribution in [0.15, 0.2) is 11.4 Å². The average Bonchev–Trinajstić information content (AvgIpc) is 3.18. The second-order valence-electron chi connectivity index (χ2n) is 5.54. The number of carboxylic acids is 1. The van der Waals surface area contributed by atoms with Crippen LogP contribution >= 0.6 is 11.3 Å². The molecule has 2 N–H and O–H groups in total.